The Morgan fingerprint density at radius 3 is 2.92 bits per heavy atom. The molecule has 2 fully saturated rings. The SMILES string of the molecule is O=C(C[C@H]1CC[C@@H]2NC[C@H](O)COC[C@H]2O1)NCCc1ccccc1. The third kappa shape index (κ3) is 5.78. The molecular formula is C19H28N2O4. The van der Waals surface area contributed by atoms with Gasteiger partial charge in [0, 0.05) is 19.1 Å². The van der Waals surface area contributed by atoms with Crippen molar-refractivity contribution in [3.63, 3.8) is 0 Å². The Kier molecular flexibility index (Phi) is 6.81. The molecule has 138 valence electrons. The molecule has 1 aromatic rings. The summed E-state index contributed by atoms with van der Waals surface area (Å²) in [6, 6.07) is 10.3. The van der Waals surface area contributed by atoms with Gasteiger partial charge in [-0.2, -0.15) is 0 Å². The Balaban J connectivity index is 1.39. The van der Waals surface area contributed by atoms with Crippen LogP contribution in [0.25, 0.3) is 0 Å². The summed E-state index contributed by atoms with van der Waals surface area (Å²) in [6.45, 7) is 1.95. The van der Waals surface area contributed by atoms with Gasteiger partial charge in [0.2, 0.25) is 5.91 Å². The molecular weight excluding hydrogens is 320 g/mol. The van der Waals surface area contributed by atoms with E-state index in [4.69, 9.17) is 9.47 Å². The highest BCUT2D eigenvalue weighted by Gasteiger charge is 2.33. The molecule has 6 nitrogen and oxygen atoms in total. The minimum absolute atomic E-state index is 0.0366. The molecule has 2 aliphatic heterocycles. The quantitative estimate of drug-likeness (QED) is 0.727. The van der Waals surface area contributed by atoms with Crippen LogP contribution in [0.4, 0.5) is 0 Å². The van der Waals surface area contributed by atoms with Gasteiger partial charge in [0.15, 0.2) is 0 Å². The highest BCUT2D eigenvalue weighted by atomic mass is 16.5. The molecule has 2 aliphatic rings. The molecule has 0 aliphatic carbocycles. The molecule has 3 rings (SSSR count). The molecule has 25 heavy (non-hydrogen) atoms. The van der Waals surface area contributed by atoms with Crippen molar-refractivity contribution < 1.29 is 19.4 Å². The lowest BCUT2D eigenvalue weighted by Crippen LogP contribution is -2.53. The zero-order valence-corrected chi connectivity index (χ0v) is 14.5. The van der Waals surface area contributed by atoms with Crippen LogP contribution in [0, 0.1) is 0 Å². The number of rotatable bonds is 5. The van der Waals surface area contributed by atoms with Crippen LogP contribution >= 0.6 is 0 Å². The van der Waals surface area contributed by atoms with E-state index in [9.17, 15) is 9.90 Å². The van der Waals surface area contributed by atoms with Gasteiger partial charge in [0.25, 0.3) is 0 Å². The van der Waals surface area contributed by atoms with E-state index in [1.807, 2.05) is 18.2 Å². The van der Waals surface area contributed by atoms with E-state index in [2.05, 4.69) is 22.8 Å². The number of hydrogen-bond acceptors (Lipinski definition) is 5. The van der Waals surface area contributed by atoms with Gasteiger partial charge in [-0.05, 0) is 24.8 Å². The summed E-state index contributed by atoms with van der Waals surface area (Å²) in [5.74, 6) is 0.0366. The monoisotopic (exact) mass is 348 g/mol. The van der Waals surface area contributed by atoms with E-state index in [1.165, 1.54) is 5.56 Å². The van der Waals surface area contributed by atoms with Crippen LogP contribution in [0.1, 0.15) is 24.8 Å². The second-order valence-electron chi connectivity index (χ2n) is 6.87. The summed E-state index contributed by atoms with van der Waals surface area (Å²) < 4.78 is 11.6. The first-order valence-corrected chi connectivity index (χ1v) is 9.16. The van der Waals surface area contributed by atoms with Crippen molar-refractivity contribution >= 4 is 5.91 Å². The van der Waals surface area contributed by atoms with Crippen molar-refractivity contribution in [1.29, 1.82) is 0 Å². The molecule has 2 heterocycles. The van der Waals surface area contributed by atoms with Crippen molar-refractivity contribution in [1.82, 2.24) is 10.6 Å². The fraction of sp³-hybridized carbons (Fsp3) is 0.632. The Hall–Kier alpha value is -1.47. The predicted molar refractivity (Wildman–Crippen MR) is 94.3 cm³/mol. The van der Waals surface area contributed by atoms with Gasteiger partial charge >= 0.3 is 0 Å². The molecule has 2 saturated heterocycles. The predicted octanol–water partition coefficient (Wildman–Crippen LogP) is 0.632. The van der Waals surface area contributed by atoms with Crippen LogP contribution in [-0.4, -0.2) is 61.7 Å². The minimum atomic E-state index is -0.464. The first kappa shape index (κ1) is 18.3. The fourth-order valence-corrected chi connectivity index (χ4v) is 3.44. The molecule has 1 amide bonds. The van der Waals surface area contributed by atoms with Gasteiger partial charge in [-0.25, -0.2) is 0 Å². The number of β-amino-alcohol motifs (C(OH)–C–C–N with tert-alkyl or cyclic N) is 1. The van der Waals surface area contributed by atoms with E-state index in [1.54, 1.807) is 0 Å². The largest absolute Gasteiger partial charge is 0.389 e. The Labute approximate surface area is 148 Å². The van der Waals surface area contributed by atoms with Gasteiger partial charge in [0.1, 0.15) is 0 Å². The molecule has 0 aromatic heterocycles. The molecule has 1 aromatic carbocycles. The van der Waals surface area contributed by atoms with E-state index in [-0.39, 0.29) is 24.2 Å². The molecule has 0 radical (unpaired) electrons. The maximum atomic E-state index is 12.2. The molecule has 6 heteroatoms. The van der Waals surface area contributed by atoms with Gasteiger partial charge in [0.05, 0.1) is 37.9 Å². The zero-order chi connectivity index (χ0) is 17.5. The number of fused-ring (bicyclic) bond motifs is 1. The summed E-state index contributed by atoms with van der Waals surface area (Å²) in [4.78, 5) is 12.2. The van der Waals surface area contributed by atoms with Crippen LogP contribution in [0.15, 0.2) is 30.3 Å². The van der Waals surface area contributed by atoms with Crippen molar-refractivity contribution in [2.24, 2.45) is 0 Å². The Morgan fingerprint density at radius 2 is 2.08 bits per heavy atom. The highest BCUT2D eigenvalue weighted by molar-refractivity contribution is 5.76. The summed E-state index contributed by atoms with van der Waals surface area (Å²) in [5, 5.41) is 16.0. The molecule has 0 unspecified atom stereocenters. The van der Waals surface area contributed by atoms with Crippen LogP contribution in [-0.2, 0) is 20.7 Å². The summed E-state index contributed by atoms with van der Waals surface area (Å²) >= 11 is 0. The van der Waals surface area contributed by atoms with Crippen molar-refractivity contribution in [3.05, 3.63) is 35.9 Å². The molecule has 0 bridgehead atoms. The van der Waals surface area contributed by atoms with Crippen LogP contribution in [0.2, 0.25) is 0 Å². The third-order valence-electron chi connectivity index (χ3n) is 4.82. The lowest BCUT2D eigenvalue weighted by molar-refractivity contribution is -0.137. The first-order chi connectivity index (χ1) is 12.2. The van der Waals surface area contributed by atoms with Crippen molar-refractivity contribution in [2.75, 3.05) is 26.3 Å². The maximum Gasteiger partial charge on any atom is 0.222 e. The van der Waals surface area contributed by atoms with Crippen LogP contribution in [0.5, 0.6) is 0 Å². The van der Waals surface area contributed by atoms with E-state index < -0.39 is 6.10 Å². The lowest BCUT2D eigenvalue weighted by Gasteiger charge is -2.38. The summed E-state index contributed by atoms with van der Waals surface area (Å²) in [6.07, 6.45) is 2.42. The maximum absolute atomic E-state index is 12.2. The van der Waals surface area contributed by atoms with Gasteiger partial charge in [-0.3, -0.25) is 4.79 Å². The number of carbonyl (C=O) groups excluding carboxylic acids is 1. The smallest absolute Gasteiger partial charge is 0.222 e. The highest BCUT2D eigenvalue weighted by Crippen LogP contribution is 2.23. The number of hydrogen-bond donors (Lipinski definition) is 3. The number of ether oxygens (including phenoxy) is 2. The zero-order valence-electron chi connectivity index (χ0n) is 14.5. The minimum Gasteiger partial charge on any atom is -0.389 e. The van der Waals surface area contributed by atoms with E-state index in [0.717, 1.165) is 19.3 Å². The van der Waals surface area contributed by atoms with Gasteiger partial charge in [-0.1, -0.05) is 30.3 Å². The van der Waals surface area contributed by atoms with E-state index >= 15 is 0 Å². The topological polar surface area (TPSA) is 79.8 Å². The van der Waals surface area contributed by atoms with Gasteiger partial charge < -0.3 is 25.2 Å². The van der Waals surface area contributed by atoms with Gasteiger partial charge in [-0.15, -0.1) is 0 Å². The second-order valence-corrected chi connectivity index (χ2v) is 6.87. The molecule has 0 saturated carbocycles. The van der Waals surface area contributed by atoms with Crippen molar-refractivity contribution in [3.8, 4) is 0 Å². The molecule has 4 atom stereocenters. The second kappa shape index (κ2) is 9.29. The number of aliphatic hydroxyl groups is 1. The Bertz CT molecular complexity index is 539. The average Bonchev–Trinajstić information content (AvgIpc) is 2.60. The molecule has 3 N–H and O–H groups in total. The van der Waals surface area contributed by atoms with E-state index in [0.29, 0.717) is 32.7 Å². The number of aliphatic hydroxyl groups excluding tert-OH is 1. The number of nitrogens with one attached hydrogen (secondary N) is 2. The summed E-state index contributed by atoms with van der Waals surface area (Å²) in [5.41, 5.74) is 1.22. The summed E-state index contributed by atoms with van der Waals surface area (Å²) in [7, 11) is 0. The lowest BCUT2D eigenvalue weighted by atomic mass is 9.96. The van der Waals surface area contributed by atoms with Crippen LogP contribution in [0.3, 0.4) is 0 Å². The third-order valence-corrected chi connectivity index (χ3v) is 4.82. The van der Waals surface area contributed by atoms with Crippen molar-refractivity contribution in [2.45, 2.75) is 50.0 Å². The number of carbonyl (C=O) groups is 1. The standard InChI is InChI=1S/C19H28N2O4/c22-15-11-21-17-7-6-16(25-18(17)13-24-12-15)10-19(23)20-9-8-14-4-2-1-3-5-14/h1-5,15-18,21-22H,6-13H2,(H,20,23)/t15-,16+,17-,18+/m0/s1. The normalized spacial score (nSPS) is 30.0. The fourth-order valence-electron chi connectivity index (χ4n) is 3.44. The average molecular weight is 348 g/mol. The number of benzene rings is 1. The number of amides is 1. The van der Waals surface area contributed by atoms with Crippen LogP contribution < -0.4 is 10.6 Å². The Morgan fingerprint density at radius 1 is 1.24 bits per heavy atom. The first-order valence-electron chi connectivity index (χ1n) is 9.16. The molecule has 0 spiro atoms.